The first-order valence-corrected chi connectivity index (χ1v) is 14.6. The van der Waals surface area contributed by atoms with Crippen LogP contribution in [0.1, 0.15) is 64.0 Å². The van der Waals surface area contributed by atoms with Gasteiger partial charge in [0.15, 0.2) is 5.62 Å². The van der Waals surface area contributed by atoms with Crippen molar-refractivity contribution in [3.63, 3.8) is 0 Å². The van der Waals surface area contributed by atoms with Crippen LogP contribution in [0.4, 0.5) is 0 Å². The number of carbonyl (C=O) groups is 2. The van der Waals surface area contributed by atoms with Crippen molar-refractivity contribution in [2.45, 2.75) is 64.7 Å². The molecule has 0 radical (unpaired) electrons. The molecule has 1 amide bonds. The Bertz CT molecular complexity index is 1040. The zero-order chi connectivity index (χ0) is 27.6. The Morgan fingerprint density at radius 1 is 1.13 bits per heavy atom. The number of aliphatic imine (C=N–C) groups is 1. The van der Waals surface area contributed by atoms with Gasteiger partial charge in [0.25, 0.3) is 0 Å². The summed E-state index contributed by atoms with van der Waals surface area (Å²) in [5.74, 6) is 1.04. The summed E-state index contributed by atoms with van der Waals surface area (Å²) in [6, 6.07) is 18.2. The van der Waals surface area contributed by atoms with Gasteiger partial charge < -0.3 is 15.0 Å². The van der Waals surface area contributed by atoms with Crippen LogP contribution in [0.15, 0.2) is 65.3 Å². The van der Waals surface area contributed by atoms with Gasteiger partial charge in [0.05, 0.1) is 7.11 Å². The molecule has 7 heteroatoms. The summed E-state index contributed by atoms with van der Waals surface area (Å²) < 4.78 is 5.37. The highest BCUT2D eigenvalue weighted by atomic mass is 32.2. The molecule has 1 N–H and O–H groups in total. The quantitative estimate of drug-likeness (QED) is 0.216. The van der Waals surface area contributed by atoms with Gasteiger partial charge in [-0.1, -0.05) is 80.6 Å². The number of thioether (sulfide) groups is 1. The fraction of sp³-hybridized carbons (Fsp3) is 0.452. The van der Waals surface area contributed by atoms with Crippen LogP contribution in [-0.2, 0) is 16.1 Å². The van der Waals surface area contributed by atoms with E-state index in [2.05, 4.69) is 22.4 Å². The second kappa shape index (κ2) is 18.4. The summed E-state index contributed by atoms with van der Waals surface area (Å²) in [6.07, 6.45) is 6.92. The van der Waals surface area contributed by atoms with Crippen LogP contribution in [-0.4, -0.2) is 54.6 Å². The lowest BCUT2D eigenvalue weighted by atomic mass is 9.98. The number of methoxy groups -OCH3 is 1. The molecule has 38 heavy (non-hydrogen) atoms. The van der Waals surface area contributed by atoms with E-state index in [1.54, 1.807) is 7.11 Å². The third-order valence-electron chi connectivity index (χ3n) is 6.40. The molecule has 1 aliphatic heterocycles. The van der Waals surface area contributed by atoms with Gasteiger partial charge in [0, 0.05) is 67.3 Å². The zero-order valence-electron chi connectivity index (χ0n) is 23.3. The topological polar surface area (TPSA) is 71.0 Å². The first-order valence-electron chi connectivity index (χ1n) is 13.6. The second-order valence-electron chi connectivity index (χ2n) is 8.77. The van der Waals surface area contributed by atoms with Crippen LogP contribution in [0, 0.1) is 0 Å². The number of nitrogens with one attached hydrogen (secondary N) is 1. The maximum atomic E-state index is 12.8. The lowest BCUT2D eigenvalue weighted by Crippen LogP contribution is -2.38. The molecule has 2 aromatic carbocycles. The summed E-state index contributed by atoms with van der Waals surface area (Å²) in [4.78, 5) is 29.0. The molecular formula is C31H43N3O3S. The monoisotopic (exact) mass is 537 g/mol. The molecule has 206 valence electrons. The summed E-state index contributed by atoms with van der Waals surface area (Å²) in [6.45, 7) is 8.58. The van der Waals surface area contributed by atoms with Crippen molar-refractivity contribution >= 4 is 35.1 Å². The van der Waals surface area contributed by atoms with Crippen molar-refractivity contribution in [3.8, 4) is 5.75 Å². The molecule has 1 heterocycles. The first-order chi connectivity index (χ1) is 18.7. The van der Waals surface area contributed by atoms with E-state index in [9.17, 15) is 9.59 Å². The fourth-order valence-corrected chi connectivity index (χ4v) is 4.93. The molecule has 0 saturated heterocycles. The Balaban J connectivity index is 0.000000481. The molecule has 1 aliphatic carbocycles. The minimum absolute atomic E-state index is 0.172. The molecule has 1 saturated carbocycles. The number of para-hydroxylation sites is 1. The molecule has 0 aromatic heterocycles. The maximum Gasteiger partial charge on any atom is 0.224 e. The lowest BCUT2D eigenvalue weighted by Gasteiger charge is -2.30. The maximum absolute atomic E-state index is 12.8. The molecule has 2 aromatic rings. The van der Waals surface area contributed by atoms with Gasteiger partial charge in [-0.2, -0.15) is 0 Å². The van der Waals surface area contributed by atoms with Gasteiger partial charge in [-0.05, 0) is 31.4 Å². The number of benzene rings is 2. The summed E-state index contributed by atoms with van der Waals surface area (Å²) in [5.41, 5.74) is 5.41. The molecule has 4 rings (SSSR count). The average Bonchev–Trinajstić information content (AvgIpc) is 2.95. The Hall–Kier alpha value is -2.90. The largest absolute Gasteiger partial charge is 0.496 e. The lowest BCUT2D eigenvalue weighted by molar-refractivity contribution is -0.130. The summed E-state index contributed by atoms with van der Waals surface area (Å²) in [7, 11) is 1.67. The highest BCUT2D eigenvalue weighted by molar-refractivity contribution is 8.12. The van der Waals surface area contributed by atoms with E-state index in [1.807, 2.05) is 74.4 Å². The fourth-order valence-electron chi connectivity index (χ4n) is 4.17. The minimum atomic E-state index is 0.172. The van der Waals surface area contributed by atoms with Crippen molar-refractivity contribution in [1.29, 1.82) is 0 Å². The Kier molecular flexibility index (Phi) is 15.1. The highest BCUT2D eigenvalue weighted by Gasteiger charge is 2.23. The number of nitrogens with zero attached hydrogens (tertiary/aromatic N) is 2. The van der Waals surface area contributed by atoms with Gasteiger partial charge in [-0.25, -0.2) is 0 Å². The van der Waals surface area contributed by atoms with E-state index in [0.717, 1.165) is 40.2 Å². The van der Waals surface area contributed by atoms with Crippen molar-refractivity contribution in [3.05, 3.63) is 71.4 Å². The summed E-state index contributed by atoms with van der Waals surface area (Å²) in [5, 5.41) is 4.03. The van der Waals surface area contributed by atoms with Gasteiger partial charge in [0.1, 0.15) is 5.75 Å². The number of carbonyl (C=O) groups excluding carboxylic acids is 2. The second-order valence-corrected chi connectivity index (χ2v) is 9.90. The molecule has 1 fully saturated rings. The van der Waals surface area contributed by atoms with Gasteiger partial charge in [0.2, 0.25) is 5.91 Å². The number of rotatable bonds is 10. The van der Waals surface area contributed by atoms with Gasteiger partial charge >= 0.3 is 0 Å². The summed E-state index contributed by atoms with van der Waals surface area (Å²) >= 11 is 1.44. The van der Waals surface area contributed by atoms with E-state index in [0.29, 0.717) is 37.8 Å². The van der Waals surface area contributed by atoms with E-state index in [-0.39, 0.29) is 5.91 Å². The van der Waals surface area contributed by atoms with Crippen LogP contribution >= 0.6 is 11.8 Å². The molecule has 0 spiro atoms. The molecule has 0 atom stereocenters. The van der Waals surface area contributed by atoms with E-state index < -0.39 is 0 Å². The standard InChI is InChI=1S/C24H29N3O2.C5H8OS.C2H6/c1-3-26-22-14-16-27(18-21(22)19-9-5-4-6-10-19)24(28)13-15-25-17-20-11-7-8-12-23(20)29-2;6-4-7-5-2-1-3-5;1-2/h3-12,25H,13-18H2,1-2H3;4-5H,1-3H2;1-2H3. The van der Waals surface area contributed by atoms with Crippen LogP contribution in [0.25, 0.3) is 5.57 Å². The van der Waals surface area contributed by atoms with Crippen molar-refractivity contribution in [2.75, 3.05) is 26.7 Å². The smallest absolute Gasteiger partial charge is 0.224 e. The number of hydrogen-bond donors (Lipinski definition) is 1. The predicted molar refractivity (Wildman–Crippen MR) is 161 cm³/mol. The molecular weight excluding hydrogens is 494 g/mol. The van der Waals surface area contributed by atoms with Crippen LogP contribution < -0.4 is 10.1 Å². The SMILES string of the molecule is CC.CC=NC1=C(c2ccccc2)CN(C(=O)CCNCc2ccccc2OC)CC1.O=CSC1CCC1. The molecule has 0 bridgehead atoms. The van der Waals surface area contributed by atoms with Crippen molar-refractivity contribution in [1.82, 2.24) is 10.2 Å². The third kappa shape index (κ3) is 10.1. The average molecular weight is 538 g/mol. The number of ether oxygens (including phenoxy) is 1. The Morgan fingerprint density at radius 3 is 2.45 bits per heavy atom. The van der Waals surface area contributed by atoms with E-state index >= 15 is 0 Å². The minimum Gasteiger partial charge on any atom is -0.496 e. The van der Waals surface area contributed by atoms with E-state index in [1.165, 1.54) is 31.0 Å². The van der Waals surface area contributed by atoms with Gasteiger partial charge in [-0.3, -0.25) is 14.6 Å². The predicted octanol–water partition coefficient (Wildman–Crippen LogP) is 6.40. The van der Waals surface area contributed by atoms with Crippen LogP contribution in [0.2, 0.25) is 0 Å². The van der Waals surface area contributed by atoms with Crippen LogP contribution in [0.5, 0.6) is 5.75 Å². The molecule has 2 aliphatic rings. The Morgan fingerprint density at radius 2 is 1.84 bits per heavy atom. The van der Waals surface area contributed by atoms with Crippen molar-refractivity contribution in [2.24, 2.45) is 4.99 Å². The Labute approximate surface area is 232 Å². The zero-order valence-corrected chi connectivity index (χ0v) is 24.1. The van der Waals surface area contributed by atoms with Crippen LogP contribution in [0.3, 0.4) is 0 Å². The molecule has 6 nitrogen and oxygen atoms in total. The normalized spacial score (nSPS) is 15.1. The van der Waals surface area contributed by atoms with Crippen molar-refractivity contribution < 1.29 is 14.3 Å². The van der Waals surface area contributed by atoms with E-state index in [4.69, 9.17) is 4.74 Å². The first kappa shape index (κ1) is 31.3. The molecule has 0 unspecified atom stereocenters. The van der Waals surface area contributed by atoms with Gasteiger partial charge in [-0.15, -0.1) is 0 Å². The number of amides is 1. The third-order valence-corrected chi connectivity index (χ3v) is 7.37. The number of hydrogen-bond acceptors (Lipinski definition) is 6. The highest BCUT2D eigenvalue weighted by Crippen LogP contribution is 2.29.